The molecule has 27 heavy (non-hydrogen) atoms. The highest BCUT2D eigenvalue weighted by atomic mass is 35.5. The molecule has 0 unspecified atom stereocenters. The van der Waals surface area contributed by atoms with Crippen LogP contribution in [-0.4, -0.2) is 64.7 Å². The number of thioether (sulfide) groups is 1. The van der Waals surface area contributed by atoms with Crippen LogP contribution in [0, 0.1) is 0 Å². The molecular formula is C18H19Cl2N3O3S. The maximum Gasteiger partial charge on any atom is 0.303 e. The lowest BCUT2D eigenvalue weighted by atomic mass is 10.2. The Bertz CT molecular complexity index is 805. The van der Waals surface area contributed by atoms with Crippen LogP contribution in [0.5, 0.6) is 0 Å². The third-order valence-electron chi connectivity index (χ3n) is 4.36. The molecule has 1 fully saturated rings. The smallest absolute Gasteiger partial charge is 0.303 e. The number of piperazine rings is 1. The Hall–Kier alpha value is -1.54. The van der Waals surface area contributed by atoms with Gasteiger partial charge in [0.25, 0.3) is 5.91 Å². The van der Waals surface area contributed by atoms with E-state index in [1.165, 1.54) is 11.8 Å². The summed E-state index contributed by atoms with van der Waals surface area (Å²) in [5, 5.41) is 10.4. The highest BCUT2D eigenvalue weighted by Crippen LogP contribution is 2.32. The van der Waals surface area contributed by atoms with Crippen molar-refractivity contribution in [2.45, 2.75) is 12.8 Å². The van der Waals surface area contributed by atoms with Crippen molar-refractivity contribution in [3.8, 4) is 0 Å². The molecule has 2 aliphatic rings. The lowest BCUT2D eigenvalue weighted by molar-refractivity contribution is -0.137. The number of amides is 1. The average molecular weight is 428 g/mol. The van der Waals surface area contributed by atoms with Gasteiger partial charge in [0.15, 0.2) is 5.17 Å². The fourth-order valence-corrected chi connectivity index (χ4v) is 4.17. The van der Waals surface area contributed by atoms with Gasteiger partial charge in [-0.3, -0.25) is 14.5 Å². The number of carboxylic acids is 1. The van der Waals surface area contributed by atoms with E-state index in [2.05, 4.69) is 14.8 Å². The monoisotopic (exact) mass is 427 g/mol. The van der Waals surface area contributed by atoms with Gasteiger partial charge in [-0.15, -0.1) is 0 Å². The maximum absolute atomic E-state index is 12.2. The largest absolute Gasteiger partial charge is 0.481 e. The molecule has 1 N–H and O–H groups in total. The Morgan fingerprint density at radius 2 is 1.96 bits per heavy atom. The van der Waals surface area contributed by atoms with Crippen molar-refractivity contribution >= 4 is 58.1 Å². The second-order valence-corrected chi connectivity index (χ2v) is 8.13. The van der Waals surface area contributed by atoms with Gasteiger partial charge in [0, 0.05) is 32.6 Å². The van der Waals surface area contributed by atoms with Crippen molar-refractivity contribution in [1.29, 1.82) is 0 Å². The van der Waals surface area contributed by atoms with E-state index in [-0.39, 0.29) is 12.3 Å². The van der Waals surface area contributed by atoms with Gasteiger partial charge in [0.2, 0.25) is 0 Å². The van der Waals surface area contributed by atoms with Gasteiger partial charge in [-0.2, -0.15) is 4.99 Å². The molecule has 0 saturated carbocycles. The number of carbonyl (C=O) groups excluding carboxylic acids is 1. The molecule has 1 aromatic carbocycles. The summed E-state index contributed by atoms with van der Waals surface area (Å²) in [6.07, 6.45) is 2.62. The van der Waals surface area contributed by atoms with E-state index in [0.29, 0.717) is 21.4 Å². The van der Waals surface area contributed by atoms with Crippen molar-refractivity contribution in [2.24, 2.45) is 4.99 Å². The maximum atomic E-state index is 12.2. The van der Waals surface area contributed by atoms with Gasteiger partial charge in [-0.05, 0) is 48.5 Å². The van der Waals surface area contributed by atoms with E-state index in [1.807, 2.05) is 6.07 Å². The number of benzene rings is 1. The van der Waals surface area contributed by atoms with Crippen molar-refractivity contribution in [3.63, 3.8) is 0 Å². The highest BCUT2D eigenvalue weighted by molar-refractivity contribution is 8.18. The standard InChI is InChI=1S/C18H19Cl2N3O3S/c19-13-4-3-12(10-14(13)20)11-15-17(26)21-18(27-15)23-8-6-22(7-9-23)5-1-2-16(24)25/h3-4,10-11H,1-2,5-9H2,(H,24,25)/b15-11-. The Balaban J connectivity index is 1.54. The zero-order valence-corrected chi connectivity index (χ0v) is 16.9. The molecule has 0 aliphatic carbocycles. The first-order chi connectivity index (χ1) is 12.9. The molecule has 0 spiro atoms. The number of nitrogens with zero attached hydrogens (tertiary/aromatic N) is 3. The van der Waals surface area contributed by atoms with Gasteiger partial charge in [-0.1, -0.05) is 29.3 Å². The summed E-state index contributed by atoms with van der Waals surface area (Å²) in [4.78, 5) is 31.9. The molecule has 0 bridgehead atoms. The molecule has 0 aromatic heterocycles. The number of halogens is 2. The Kier molecular flexibility index (Phi) is 6.81. The molecule has 2 heterocycles. The first-order valence-corrected chi connectivity index (χ1v) is 10.2. The molecule has 0 atom stereocenters. The zero-order valence-electron chi connectivity index (χ0n) is 14.5. The fourth-order valence-electron chi connectivity index (χ4n) is 2.90. The number of carboxylic acid groups (broad SMARTS) is 1. The van der Waals surface area contributed by atoms with Crippen LogP contribution < -0.4 is 0 Å². The number of aliphatic carboxylic acids is 1. The molecule has 2 aliphatic heterocycles. The van der Waals surface area contributed by atoms with E-state index in [1.54, 1.807) is 18.2 Å². The Labute approximate surface area is 171 Å². The molecule has 1 amide bonds. The van der Waals surface area contributed by atoms with Crippen LogP contribution in [0.15, 0.2) is 28.1 Å². The predicted molar refractivity (Wildman–Crippen MR) is 109 cm³/mol. The summed E-state index contributed by atoms with van der Waals surface area (Å²) in [5.41, 5.74) is 0.806. The second kappa shape index (κ2) is 9.10. The quantitative estimate of drug-likeness (QED) is 0.725. The third kappa shape index (κ3) is 5.48. The van der Waals surface area contributed by atoms with E-state index < -0.39 is 5.97 Å². The minimum Gasteiger partial charge on any atom is -0.481 e. The van der Waals surface area contributed by atoms with Crippen molar-refractivity contribution in [2.75, 3.05) is 32.7 Å². The summed E-state index contributed by atoms with van der Waals surface area (Å²) in [6, 6.07) is 5.23. The number of hydrogen-bond donors (Lipinski definition) is 1. The molecular weight excluding hydrogens is 409 g/mol. The highest BCUT2D eigenvalue weighted by Gasteiger charge is 2.28. The van der Waals surface area contributed by atoms with Crippen molar-refractivity contribution in [1.82, 2.24) is 9.80 Å². The number of hydrogen-bond acceptors (Lipinski definition) is 5. The molecule has 0 radical (unpaired) electrons. The van der Waals surface area contributed by atoms with Gasteiger partial charge in [0.1, 0.15) is 0 Å². The molecule has 9 heteroatoms. The van der Waals surface area contributed by atoms with Crippen LogP contribution in [0.2, 0.25) is 10.0 Å². The first kappa shape index (κ1) is 20.2. The van der Waals surface area contributed by atoms with Crippen LogP contribution in [0.25, 0.3) is 6.08 Å². The number of aliphatic imine (C=N–C) groups is 1. The second-order valence-electron chi connectivity index (χ2n) is 6.31. The SMILES string of the molecule is O=C(O)CCCN1CCN(C2=NC(=O)/C(=C/c3ccc(Cl)c(Cl)c3)S2)CC1. The minimum absolute atomic E-state index is 0.195. The van der Waals surface area contributed by atoms with E-state index in [4.69, 9.17) is 28.3 Å². The lowest BCUT2D eigenvalue weighted by Gasteiger charge is -2.35. The third-order valence-corrected chi connectivity index (χ3v) is 6.14. The molecule has 144 valence electrons. The molecule has 3 rings (SSSR count). The van der Waals surface area contributed by atoms with Crippen molar-refractivity contribution in [3.05, 3.63) is 38.7 Å². The minimum atomic E-state index is -0.759. The number of rotatable bonds is 5. The first-order valence-electron chi connectivity index (χ1n) is 8.59. The predicted octanol–water partition coefficient (Wildman–Crippen LogP) is 3.45. The van der Waals surface area contributed by atoms with Crippen molar-refractivity contribution < 1.29 is 14.7 Å². The van der Waals surface area contributed by atoms with Gasteiger partial charge < -0.3 is 10.0 Å². The molecule has 1 saturated heterocycles. The van der Waals surface area contributed by atoms with Crippen LogP contribution in [0.3, 0.4) is 0 Å². The van der Waals surface area contributed by atoms with E-state index in [9.17, 15) is 9.59 Å². The fraction of sp³-hybridized carbons (Fsp3) is 0.389. The van der Waals surface area contributed by atoms with E-state index >= 15 is 0 Å². The number of carbonyl (C=O) groups is 2. The van der Waals surface area contributed by atoms with Crippen LogP contribution in [0.4, 0.5) is 0 Å². The normalized spacial score (nSPS) is 19.6. The number of amidine groups is 1. The van der Waals surface area contributed by atoms with Gasteiger partial charge >= 0.3 is 5.97 Å². The molecule has 6 nitrogen and oxygen atoms in total. The summed E-state index contributed by atoms with van der Waals surface area (Å²) >= 11 is 13.3. The zero-order chi connectivity index (χ0) is 19.4. The van der Waals surface area contributed by atoms with Crippen LogP contribution in [0.1, 0.15) is 18.4 Å². The van der Waals surface area contributed by atoms with E-state index in [0.717, 1.165) is 43.5 Å². The Morgan fingerprint density at radius 1 is 1.22 bits per heavy atom. The Morgan fingerprint density at radius 3 is 2.63 bits per heavy atom. The lowest BCUT2D eigenvalue weighted by Crippen LogP contribution is -2.47. The van der Waals surface area contributed by atoms with Crippen LogP contribution >= 0.6 is 35.0 Å². The molecule has 1 aromatic rings. The summed E-state index contributed by atoms with van der Waals surface area (Å²) in [5.74, 6) is -1.00. The van der Waals surface area contributed by atoms with Gasteiger partial charge in [0.05, 0.1) is 15.0 Å². The summed E-state index contributed by atoms with van der Waals surface area (Å²) < 4.78 is 0. The average Bonchev–Trinajstić information content (AvgIpc) is 2.99. The summed E-state index contributed by atoms with van der Waals surface area (Å²) in [6.45, 7) is 3.98. The van der Waals surface area contributed by atoms with Crippen LogP contribution in [-0.2, 0) is 9.59 Å². The van der Waals surface area contributed by atoms with Gasteiger partial charge in [-0.25, -0.2) is 0 Å². The topological polar surface area (TPSA) is 73.2 Å². The summed E-state index contributed by atoms with van der Waals surface area (Å²) in [7, 11) is 0.